The zero-order chi connectivity index (χ0) is 10.8. The van der Waals surface area contributed by atoms with Gasteiger partial charge in [-0.05, 0) is 26.7 Å². The molecule has 78 valence electrons. The van der Waals surface area contributed by atoms with E-state index in [4.69, 9.17) is 11.6 Å². The van der Waals surface area contributed by atoms with Crippen molar-refractivity contribution in [3.8, 4) is 0 Å². The average Bonchev–Trinajstić information content (AvgIpc) is 2.11. The molecule has 1 aliphatic carbocycles. The third-order valence-corrected chi connectivity index (χ3v) is 2.98. The lowest BCUT2D eigenvalue weighted by molar-refractivity contribution is -0.142. The molecule has 0 aromatic carbocycles. The summed E-state index contributed by atoms with van der Waals surface area (Å²) in [6, 6.07) is 0. The molecule has 0 atom stereocenters. The maximum absolute atomic E-state index is 11.6. The number of carbonyl (C=O) groups excluding carboxylic acids is 2. The quantitative estimate of drug-likeness (QED) is 0.663. The summed E-state index contributed by atoms with van der Waals surface area (Å²) >= 11 is 5.69. The molecule has 0 aromatic heterocycles. The van der Waals surface area contributed by atoms with E-state index in [9.17, 15) is 9.59 Å². The van der Waals surface area contributed by atoms with E-state index in [0.29, 0.717) is 30.7 Å². The van der Waals surface area contributed by atoms with Crippen LogP contribution in [-0.2, 0) is 9.59 Å². The standard InChI is InChI=1S/C11H15ClO2/c1-8(12)6-7-11(2)9(13)4-3-5-10(11)14/h6H,3-5,7H2,1-2H3/b8-6+. The van der Waals surface area contributed by atoms with E-state index >= 15 is 0 Å². The molecule has 0 unspecified atom stereocenters. The van der Waals surface area contributed by atoms with Gasteiger partial charge in [0.25, 0.3) is 0 Å². The molecule has 3 heteroatoms. The molecule has 0 bridgehead atoms. The summed E-state index contributed by atoms with van der Waals surface area (Å²) in [5.41, 5.74) is -0.811. The first-order valence-electron chi connectivity index (χ1n) is 4.85. The largest absolute Gasteiger partial charge is 0.299 e. The summed E-state index contributed by atoms with van der Waals surface area (Å²) in [7, 11) is 0. The molecule has 0 saturated heterocycles. The Morgan fingerprint density at radius 1 is 1.43 bits per heavy atom. The van der Waals surface area contributed by atoms with Crippen LogP contribution in [-0.4, -0.2) is 11.6 Å². The van der Waals surface area contributed by atoms with Gasteiger partial charge in [-0.1, -0.05) is 17.7 Å². The molecule has 0 N–H and O–H groups in total. The number of rotatable bonds is 2. The molecule has 0 heterocycles. The lowest BCUT2D eigenvalue weighted by Gasteiger charge is -2.29. The van der Waals surface area contributed by atoms with Crippen molar-refractivity contribution in [2.45, 2.75) is 39.5 Å². The van der Waals surface area contributed by atoms with E-state index in [0.717, 1.165) is 0 Å². The van der Waals surface area contributed by atoms with Crippen molar-refractivity contribution in [2.24, 2.45) is 5.41 Å². The van der Waals surface area contributed by atoms with Crippen LogP contribution in [0.2, 0.25) is 0 Å². The van der Waals surface area contributed by atoms with Gasteiger partial charge in [0.15, 0.2) is 0 Å². The molecule has 1 fully saturated rings. The maximum Gasteiger partial charge on any atom is 0.146 e. The normalized spacial score (nSPS) is 22.6. The summed E-state index contributed by atoms with van der Waals surface area (Å²) in [6.07, 6.45) is 3.95. The van der Waals surface area contributed by atoms with E-state index in [-0.39, 0.29) is 11.6 Å². The second kappa shape index (κ2) is 4.26. The second-order valence-corrected chi connectivity index (χ2v) is 4.62. The van der Waals surface area contributed by atoms with Gasteiger partial charge in [-0.15, -0.1) is 0 Å². The van der Waals surface area contributed by atoms with Gasteiger partial charge in [-0.25, -0.2) is 0 Å². The van der Waals surface area contributed by atoms with Crippen LogP contribution in [0.4, 0.5) is 0 Å². The average molecular weight is 215 g/mol. The number of hydrogen-bond donors (Lipinski definition) is 0. The molecule has 2 nitrogen and oxygen atoms in total. The molecule has 0 spiro atoms. The molecule has 0 amide bonds. The minimum absolute atomic E-state index is 0.0583. The number of Topliss-reactive ketones (excluding diaryl/α,β-unsaturated/α-hetero) is 2. The first kappa shape index (κ1) is 11.4. The molecule has 14 heavy (non-hydrogen) atoms. The van der Waals surface area contributed by atoms with E-state index in [1.165, 1.54) is 0 Å². The van der Waals surface area contributed by atoms with Crippen molar-refractivity contribution in [1.29, 1.82) is 0 Å². The van der Waals surface area contributed by atoms with E-state index < -0.39 is 5.41 Å². The first-order chi connectivity index (χ1) is 6.47. The van der Waals surface area contributed by atoms with Crippen molar-refractivity contribution >= 4 is 23.2 Å². The highest BCUT2D eigenvalue weighted by Crippen LogP contribution is 2.33. The van der Waals surface area contributed by atoms with Crippen LogP contribution < -0.4 is 0 Å². The lowest BCUT2D eigenvalue weighted by Crippen LogP contribution is -2.39. The fraction of sp³-hybridized carbons (Fsp3) is 0.636. The zero-order valence-corrected chi connectivity index (χ0v) is 9.36. The molecule has 0 aromatic rings. The lowest BCUT2D eigenvalue weighted by atomic mass is 9.71. The first-order valence-corrected chi connectivity index (χ1v) is 5.23. The molecule has 1 saturated carbocycles. The van der Waals surface area contributed by atoms with Crippen LogP contribution in [0.1, 0.15) is 39.5 Å². The Labute approximate surface area is 89.3 Å². The van der Waals surface area contributed by atoms with Crippen LogP contribution >= 0.6 is 11.6 Å². The fourth-order valence-corrected chi connectivity index (χ4v) is 1.77. The van der Waals surface area contributed by atoms with Crippen molar-refractivity contribution in [3.63, 3.8) is 0 Å². The van der Waals surface area contributed by atoms with Gasteiger partial charge in [0.1, 0.15) is 11.6 Å². The Morgan fingerprint density at radius 2 is 1.93 bits per heavy atom. The fourth-order valence-electron chi connectivity index (χ4n) is 1.69. The highest BCUT2D eigenvalue weighted by molar-refractivity contribution is 6.29. The van der Waals surface area contributed by atoms with Crippen LogP contribution in [0.15, 0.2) is 11.1 Å². The molecular weight excluding hydrogens is 200 g/mol. The van der Waals surface area contributed by atoms with Crippen LogP contribution in [0.5, 0.6) is 0 Å². The van der Waals surface area contributed by atoms with Crippen molar-refractivity contribution in [2.75, 3.05) is 0 Å². The van der Waals surface area contributed by atoms with Crippen LogP contribution in [0.25, 0.3) is 0 Å². The van der Waals surface area contributed by atoms with Gasteiger partial charge in [0.2, 0.25) is 0 Å². The van der Waals surface area contributed by atoms with Crippen molar-refractivity contribution < 1.29 is 9.59 Å². The third-order valence-electron chi connectivity index (χ3n) is 2.83. The predicted octanol–water partition coefficient (Wildman–Crippen LogP) is 2.85. The van der Waals surface area contributed by atoms with Gasteiger partial charge >= 0.3 is 0 Å². The van der Waals surface area contributed by atoms with E-state index in [2.05, 4.69) is 0 Å². The van der Waals surface area contributed by atoms with Crippen molar-refractivity contribution in [3.05, 3.63) is 11.1 Å². The summed E-state index contributed by atoms with van der Waals surface area (Å²) in [5.74, 6) is 0.117. The molecule has 0 aliphatic heterocycles. The van der Waals surface area contributed by atoms with Crippen LogP contribution in [0, 0.1) is 5.41 Å². The summed E-state index contributed by atoms with van der Waals surface area (Å²) in [4.78, 5) is 23.3. The second-order valence-electron chi connectivity index (χ2n) is 4.03. The minimum atomic E-state index is -0.811. The Balaban J connectivity index is 2.82. The molecule has 1 rings (SSSR count). The predicted molar refractivity (Wildman–Crippen MR) is 56.2 cm³/mol. The summed E-state index contributed by atoms with van der Waals surface area (Å²) in [6.45, 7) is 3.48. The van der Waals surface area contributed by atoms with Gasteiger partial charge in [0.05, 0.1) is 5.41 Å². The number of halogens is 1. The van der Waals surface area contributed by atoms with Gasteiger partial charge < -0.3 is 0 Å². The molecule has 1 aliphatic rings. The smallest absolute Gasteiger partial charge is 0.146 e. The van der Waals surface area contributed by atoms with E-state index in [1.807, 2.05) is 0 Å². The Bertz CT molecular complexity index is 272. The zero-order valence-electron chi connectivity index (χ0n) is 8.60. The Morgan fingerprint density at radius 3 is 2.36 bits per heavy atom. The van der Waals surface area contributed by atoms with E-state index in [1.54, 1.807) is 19.9 Å². The number of allylic oxidation sites excluding steroid dienone is 2. The van der Waals surface area contributed by atoms with Crippen LogP contribution in [0.3, 0.4) is 0 Å². The van der Waals surface area contributed by atoms with Crippen molar-refractivity contribution in [1.82, 2.24) is 0 Å². The molecule has 0 radical (unpaired) electrons. The monoisotopic (exact) mass is 214 g/mol. The number of hydrogen-bond acceptors (Lipinski definition) is 2. The number of ketones is 2. The maximum atomic E-state index is 11.6. The highest BCUT2D eigenvalue weighted by Gasteiger charge is 2.41. The number of carbonyl (C=O) groups is 2. The Hall–Kier alpha value is -0.630. The molecular formula is C11H15ClO2. The Kier molecular flexibility index (Phi) is 3.48. The third kappa shape index (κ3) is 2.24. The highest BCUT2D eigenvalue weighted by atomic mass is 35.5. The topological polar surface area (TPSA) is 34.1 Å². The summed E-state index contributed by atoms with van der Waals surface area (Å²) < 4.78 is 0. The SMILES string of the molecule is C/C(Cl)=C\CC1(C)C(=O)CCCC1=O. The van der Waals surface area contributed by atoms with Gasteiger partial charge in [-0.3, -0.25) is 9.59 Å². The van der Waals surface area contributed by atoms with Gasteiger partial charge in [0, 0.05) is 17.9 Å². The minimum Gasteiger partial charge on any atom is -0.299 e. The summed E-state index contributed by atoms with van der Waals surface area (Å²) in [5, 5.41) is 0.636. The van der Waals surface area contributed by atoms with Gasteiger partial charge in [-0.2, -0.15) is 0 Å².